The fourth-order valence-corrected chi connectivity index (χ4v) is 1.55. The second-order valence-corrected chi connectivity index (χ2v) is 3.74. The van der Waals surface area contributed by atoms with Gasteiger partial charge in [0.15, 0.2) is 11.5 Å². The number of ether oxygens (including phenoxy) is 2. The predicted octanol–water partition coefficient (Wildman–Crippen LogP) is 2.76. The first-order chi connectivity index (χ1) is 7.74. The van der Waals surface area contributed by atoms with Gasteiger partial charge in [0.05, 0.1) is 13.7 Å². The first kappa shape index (κ1) is 12.8. The number of nitrogens with one attached hydrogen (secondary N) is 1. The molecule has 0 amide bonds. The van der Waals surface area contributed by atoms with Crippen molar-refractivity contribution in [3.8, 4) is 11.5 Å². The zero-order valence-corrected chi connectivity index (χ0v) is 10.5. The van der Waals surface area contributed by atoms with Gasteiger partial charge in [-0.15, -0.1) is 0 Å². The Labute approximate surface area is 97.8 Å². The van der Waals surface area contributed by atoms with E-state index in [1.54, 1.807) is 7.11 Å². The largest absolute Gasteiger partial charge is 0.493 e. The molecule has 0 radical (unpaired) electrons. The average molecular weight is 223 g/mol. The fourth-order valence-electron chi connectivity index (χ4n) is 1.55. The van der Waals surface area contributed by atoms with Crippen molar-refractivity contribution in [3.05, 3.63) is 23.8 Å². The Hall–Kier alpha value is -1.22. The number of methoxy groups -OCH3 is 1. The summed E-state index contributed by atoms with van der Waals surface area (Å²) in [5.74, 6) is 1.65. The molecule has 0 aliphatic carbocycles. The van der Waals surface area contributed by atoms with E-state index in [4.69, 9.17) is 9.47 Å². The van der Waals surface area contributed by atoms with Crippen LogP contribution < -0.4 is 14.8 Å². The Bertz CT molecular complexity index is 326. The molecule has 90 valence electrons. The van der Waals surface area contributed by atoms with Crippen molar-refractivity contribution in [2.24, 2.45) is 0 Å². The molecule has 3 nitrogen and oxygen atoms in total. The van der Waals surface area contributed by atoms with Gasteiger partial charge < -0.3 is 14.8 Å². The summed E-state index contributed by atoms with van der Waals surface area (Å²) in [4.78, 5) is 0. The highest BCUT2D eigenvalue weighted by Gasteiger charge is 2.14. The summed E-state index contributed by atoms with van der Waals surface area (Å²) in [5.41, 5.74) is 1.13. The molecule has 1 atom stereocenters. The van der Waals surface area contributed by atoms with Gasteiger partial charge in [-0.1, -0.05) is 19.1 Å². The first-order valence-electron chi connectivity index (χ1n) is 5.71. The van der Waals surface area contributed by atoms with Crippen molar-refractivity contribution in [1.29, 1.82) is 0 Å². The summed E-state index contributed by atoms with van der Waals surface area (Å²) in [6.45, 7) is 4.91. The smallest absolute Gasteiger partial charge is 0.165 e. The third-order valence-electron chi connectivity index (χ3n) is 2.58. The topological polar surface area (TPSA) is 30.5 Å². The normalized spacial score (nSPS) is 12.2. The van der Waals surface area contributed by atoms with Crippen molar-refractivity contribution in [2.75, 3.05) is 20.8 Å². The molecule has 1 aromatic carbocycles. The van der Waals surface area contributed by atoms with Crippen molar-refractivity contribution in [1.82, 2.24) is 5.32 Å². The minimum absolute atomic E-state index is 0.252. The van der Waals surface area contributed by atoms with Crippen LogP contribution >= 0.6 is 0 Å². The van der Waals surface area contributed by atoms with E-state index in [1.165, 1.54) is 0 Å². The van der Waals surface area contributed by atoms with Gasteiger partial charge in [0, 0.05) is 11.6 Å². The molecule has 0 bridgehead atoms. The highest BCUT2D eigenvalue weighted by molar-refractivity contribution is 5.47. The van der Waals surface area contributed by atoms with Crippen molar-refractivity contribution >= 4 is 0 Å². The maximum atomic E-state index is 5.77. The van der Waals surface area contributed by atoms with Crippen LogP contribution in [0.3, 0.4) is 0 Å². The second-order valence-electron chi connectivity index (χ2n) is 3.74. The van der Waals surface area contributed by atoms with E-state index in [0.29, 0.717) is 6.61 Å². The third-order valence-corrected chi connectivity index (χ3v) is 2.58. The van der Waals surface area contributed by atoms with E-state index < -0.39 is 0 Å². The van der Waals surface area contributed by atoms with Crippen LogP contribution in [-0.2, 0) is 0 Å². The molecule has 1 N–H and O–H groups in total. The molecular weight excluding hydrogens is 202 g/mol. The molecule has 1 rings (SSSR count). The van der Waals surface area contributed by atoms with Crippen LogP contribution in [-0.4, -0.2) is 20.8 Å². The number of benzene rings is 1. The molecule has 0 saturated heterocycles. The standard InChI is InChI=1S/C13H21NO2/c1-5-9-16-13-11(10(2)14-3)7-6-8-12(13)15-4/h6-8,10,14H,5,9H2,1-4H3/t10-/m1/s1. The van der Waals surface area contributed by atoms with Crippen molar-refractivity contribution in [2.45, 2.75) is 26.3 Å². The van der Waals surface area contributed by atoms with E-state index in [2.05, 4.69) is 25.2 Å². The Morgan fingerprint density at radius 2 is 2.12 bits per heavy atom. The van der Waals surface area contributed by atoms with Crippen LogP contribution in [0.1, 0.15) is 31.9 Å². The lowest BCUT2D eigenvalue weighted by Gasteiger charge is -2.18. The Kier molecular flexibility index (Phi) is 5.12. The molecule has 3 heteroatoms. The lowest BCUT2D eigenvalue weighted by atomic mass is 10.1. The van der Waals surface area contributed by atoms with Crippen molar-refractivity contribution in [3.63, 3.8) is 0 Å². The van der Waals surface area contributed by atoms with Crippen LogP contribution in [0.4, 0.5) is 0 Å². The molecule has 1 aromatic rings. The first-order valence-corrected chi connectivity index (χ1v) is 5.71. The highest BCUT2D eigenvalue weighted by Crippen LogP contribution is 2.34. The quantitative estimate of drug-likeness (QED) is 0.804. The highest BCUT2D eigenvalue weighted by atomic mass is 16.5. The average Bonchev–Trinajstić information content (AvgIpc) is 2.34. The molecule has 0 heterocycles. The third kappa shape index (κ3) is 2.89. The van der Waals surface area contributed by atoms with E-state index in [-0.39, 0.29) is 6.04 Å². The maximum absolute atomic E-state index is 5.77. The van der Waals surface area contributed by atoms with Crippen LogP contribution in [0.2, 0.25) is 0 Å². The van der Waals surface area contributed by atoms with Crippen LogP contribution in [0, 0.1) is 0 Å². The predicted molar refractivity (Wildman–Crippen MR) is 66.3 cm³/mol. The molecule has 0 fully saturated rings. The van der Waals surface area contributed by atoms with E-state index >= 15 is 0 Å². The Morgan fingerprint density at radius 1 is 1.38 bits per heavy atom. The second kappa shape index (κ2) is 6.38. The zero-order chi connectivity index (χ0) is 12.0. The Morgan fingerprint density at radius 3 is 2.69 bits per heavy atom. The minimum Gasteiger partial charge on any atom is -0.493 e. The fraction of sp³-hybridized carbons (Fsp3) is 0.538. The number of para-hydroxylation sites is 1. The van der Waals surface area contributed by atoms with Gasteiger partial charge >= 0.3 is 0 Å². The van der Waals surface area contributed by atoms with Gasteiger partial charge in [-0.25, -0.2) is 0 Å². The van der Waals surface area contributed by atoms with Gasteiger partial charge in [-0.2, -0.15) is 0 Å². The zero-order valence-electron chi connectivity index (χ0n) is 10.5. The SMILES string of the molecule is CCCOc1c(OC)cccc1[C@@H](C)NC. The molecule has 0 spiro atoms. The summed E-state index contributed by atoms with van der Waals surface area (Å²) in [7, 11) is 3.61. The molecular formula is C13H21NO2. The summed E-state index contributed by atoms with van der Waals surface area (Å²) in [5, 5.41) is 3.21. The monoisotopic (exact) mass is 223 g/mol. The lowest BCUT2D eigenvalue weighted by Crippen LogP contribution is -2.14. The van der Waals surface area contributed by atoms with Gasteiger partial charge in [0.2, 0.25) is 0 Å². The van der Waals surface area contributed by atoms with E-state index in [1.807, 2.05) is 19.2 Å². The molecule has 0 unspecified atom stereocenters. The minimum atomic E-state index is 0.252. The van der Waals surface area contributed by atoms with E-state index in [0.717, 1.165) is 23.5 Å². The maximum Gasteiger partial charge on any atom is 0.165 e. The molecule has 16 heavy (non-hydrogen) atoms. The van der Waals surface area contributed by atoms with Crippen LogP contribution in [0.15, 0.2) is 18.2 Å². The summed E-state index contributed by atoms with van der Waals surface area (Å²) in [6.07, 6.45) is 0.991. The van der Waals surface area contributed by atoms with E-state index in [9.17, 15) is 0 Å². The number of hydrogen-bond donors (Lipinski definition) is 1. The number of rotatable bonds is 6. The molecule has 0 aliphatic rings. The molecule has 0 saturated carbocycles. The van der Waals surface area contributed by atoms with Crippen LogP contribution in [0.5, 0.6) is 11.5 Å². The van der Waals surface area contributed by atoms with Gasteiger partial charge in [-0.3, -0.25) is 0 Å². The number of hydrogen-bond acceptors (Lipinski definition) is 3. The van der Waals surface area contributed by atoms with Gasteiger partial charge in [0.1, 0.15) is 0 Å². The van der Waals surface area contributed by atoms with Crippen molar-refractivity contribution < 1.29 is 9.47 Å². The summed E-state index contributed by atoms with van der Waals surface area (Å²) in [6, 6.07) is 6.23. The molecule has 0 aliphatic heterocycles. The molecule has 0 aromatic heterocycles. The van der Waals surface area contributed by atoms with Gasteiger partial charge in [0.25, 0.3) is 0 Å². The lowest BCUT2D eigenvalue weighted by molar-refractivity contribution is 0.289. The summed E-state index contributed by atoms with van der Waals surface area (Å²) >= 11 is 0. The van der Waals surface area contributed by atoms with Crippen LogP contribution in [0.25, 0.3) is 0 Å². The van der Waals surface area contributed by atoms with Gasteiger partial charge in [-0.05, 0) is 26.5 Å². The summed E-state index contributed by atoms with van der Waals surface area (Å²) < 4.78 is 11.1. The Balaban J connectivity index is 3.04.